The van der Waals surface area contributed by atoms with E-state index >= 15 is 0 Å². The highest BCUT2D eigenvalue weighted by Crippen LogP contribution is 2.10. The third-order valence-electron chi connectivity index (χ3n) is 1.85. The zero-order valence-electron chi connectivity index (χ0n) is 8.40. The highest BCUT2D eigenvalue weighted by Gasteiger charge is 2.09. The molecule has 0 bridgehead atoms. The Morgan fingerprint density at radius 1 is 1.73 bits per heavy atom. The number of nitrogens with zero attached hydrogens (tertiary/aromatic N) is 1. The van der Waals surface area contributed by atoms with E-state index in [1.165, 1.54) is 6.20 Å². The Hall–Kier alpha value is -1.13. The number of carbonyl (C=O) groups is 1. The van der Waals surface area contributed by atoms with Crippen molar-refractivity contribution in [2.75, 3.05) is 6.54 Å². The highest BCUT2D eigenvalue weighted by atomic mass is 35.5. The van der Waals surface area contributed by atoms with Gasteiger partial charge in [-0.05, 0) is 25.5 Å². The lowest BCUT2D eigenvalue weighted by atomic mass is 10.2. The predicted octanol–water partition coefficient (Wildman–Crippen LogP) is 1.24. The molecule has 0 saturated heterocycles. The Morgan fingerprint density at radius 3 is 3.07 bits per heavy atom. The molecule has 0 aromatic carbocycles. The van der Waals surface area contributed by atoms with Gasteiger partial charge >= 0.3 is 0 Å². The van der Waals surface area contributed by atoms with E-state index in [-0.39, 0.29) is 11.1 Å². The van der Waals surface area contributed by atoms with Crippen molar-refractivity contribution in [2.24, 2.45) is 0 Å². The number of pyridine rings is 1. The van der Waals surface area contributed by atoms with Crippen molar-refractivity contribution >= 4 is 17.5 Å². The minimum Gasteiger partial charge on any atom is -0.393 e. The lowest BCUT2D eigenvalue weighted by Crippen LogP contribution is -2.26. The van der Waals surface area contributed by atoms with E-state index in [4.69, 9.17) is 16.7 Å². The van der Waals surface area contributed by atoms with Crippen molar-refractivity contribution in [3.05, 3.63) is 29.0 Å². The maximum absolute atomic E-state index is 11.5. The van der Waals surface area contributed by atoms with E-state index in [0.29, 0.717) is 18.5 Å². The molecule has 1 atom stereocenters. The number of hydrogen-bond acceptors (Lipinski definition) is 3. The molecule has 2 N–H and O–H groups in total. The van der Waals surface area contributed by atoms with Crippen LogP contribution in [0.25, 0.3) is 0 Å². The number of halogens is 1. The molecule has 0 aliphatic carbocycles. The topological polar surface area (TPSA) is 62.2 Å². The second kappa shape index (κ2) is 5.68. The average Bonchev–Trinajstić information content (AvgIpc) is 2.17. The number of amides is 1. The summed E-state index contributed by atoms with van der Waals surface area (Å²) in [6, 6.07) is 3.25. The first-order chi connectivity index (χ1) is 7.11. The summed E-state index contributed by atoms with van der Waals surface area (Å²) in [4.78, 5) is 15.3. The molecule has 1 amide bonds. The van der Waals surface area contributed by atoms with Gasteiger partial charge in [0.15, 0.2) is 0 Å². The van der Waals surface area contributed by atoms with Crippen LogP contribution in [0.4, 0.5) is 0 Å². The average molecular weight is 229 g/mol. The largest absolute Gasteiger partial charge is 0.393 e. The second-order valence-corrected chi connectivity index (χ2v) is 3.59. The molecule has 0 radical (unpaired) electrons. The van der Waals surface area contributed by atoms with Crippen LogP contribution in [0, 0.1) is 0 Å². The van der Waals surface area contributed by atoms with Crippen LogP contribution in [0.3, 0.4) is 0 Å². The van der Waals surface area contributed by atoms with Gasteiger partial charge in [-0.25, -0.2) is 4.98 Å². The molecule has 82 valence electrons. The maximum atomic E-state index is 11.5. The Balaban J connectivity index is 2.51. The molecule has 0 unspecified atom stereocenters. The Labute approximate surface area is 93.3 Å². The summed E-state index contributed by atoms with van der Waals surface area (Å²) in [5.41, 5.74) is 0.352. The van der Waals surface area contributed by atoms with Gasteiger partial charge in [-0.15, -0.1) is 0 Å². The molecule has 1 aromatic heterocycles. The monoisotopic (exact) mass is 228 g/mol. The zero-order valence-corrected chi connectivity index (χ0v) is 9.16. The van der Waals surface area contributed by atoms with E-state index in [0.717, 1.165) is 0 Å². The third-order valence-corrected chi connectivity index (χ3v) is 2.15. The van der Waals surface area contributed by atoms with Gasteiger partial charge in [-0.1, -0.05) is 11.6 Å². The van der Waals surface area contributed by atoms with Crippen molar-refractivity contribution in [2.45, 2.75) is 19.4 Å². The Kier molecular flexibility index (Phi) is 4.52. The van der Waals surface area contributed by atoms with Crippen LogP contribution in [0.2, 0.25) is 5.15 Å². The highest BCUT2D eigenvalue weighted by molar-refractivity contribution is 6.32. The minimum atomic E-state index is -0.422. The molecule has 0 fully saturated rings. The summed E-state index contributed by atoms with van der Waals surface area (Å²) in [6.45, 7) is 2.09. The summed E-state index contributed by atoms with van der Waals surface area (Å²) in [5, 5.41) is 11.8. The first-order valence-corrected chi connectivity index (χ1v) is 5.06. The summed E-state index contributed by atoms with van der Waals surface area (Å²) in [6.07, 6.45) is 1.62. The number of hydrogen-bond donors (Lipinski definition) is 2. The first kappa shape index (κ1) is 11.9. The van der Waals surface area contributed by atoms with Crippen LogP contribution >= 0.6 is 11.6 Å². The van der Waals surface area contributed by atoms with Crippen LogP contribution < -0.4 is 5.32 Å². The van der Waals surface area contributed by atoms with Gasteiger partial charge in [0.05, 0.1) is 11.7 Å². The van der Waals surface area contributed by atoms with Crippen molar-refractivity contribution in [1.29, 1.82) is 0 Å². The quantitative estimate of drug-likeness (QED) is 0.763. The molecule has 1 rings (SSSR count). The fourth-order valence-electron chi connectivity index (χ4n) is 1.05. The molecular formula is C10H13ClN2O2. The van der Waals surface area contributed by atoms with Crippen LogP contribution in [-0.4, -0.2) is 28.6 Å². The lowest BCUT2D eigenvalue weighted by Gasteiger charge is -2.07. The molecule has 0 saturated carbocycles. The van der Waals surface area contributed by atoms with Crippen LogP contribution in [-0.2, 0) is 0 Å². The van der Waals surface area contributed by atoms with E-state index < -0.39 is 6.10 Å². The van der Waals surface area contributed by atoms with Crippen molar-refractivity contribution < 1.29 is 9.90 Å². The van der Waals surface area contributed by atoms with Crippen LogP contribution in [0.1, 0.15) is 23.7 Å². The summed E-state index contributed by atoms with van der Waals surface area (Å²) < 4.78 is 0. The van der Waals surface area contributed by atoms with Gasteiger partial charge in [-0.2, -0.15) is 0 Å². The maximum Gasteiger partial charge on any atom is 0.254 e. The molecule has 5 heteroatoms. The van der Waals surface area contributed by atoms with Gasteiger partial charge in [0.25, 0.3) is 5.91 Å². The van der Waals surface area contributed by atoms with Gasteiger partial charge in [-0.3, -0.25) is 4.79 Å². The Morgan fingerprint density at radius 2 is 2.47 bits per heavy atom. The lowest BCUT2D eigenvalue weighted by molar-refractivity contribution is 0.0945. The smallest absolute Gasteiger partial charge is 0.254 e. The van der Waals surface area contributed by atoms with Crippen molar-refractivity contribution in [3.8, 4) is 0 Å². The molecule has 1 heterocycles. The van der Waals surface area contributed by atoms with Crippen LogP contribution in [0.5, 0.6) is 0 Å². The van der Waals surface area contributed by atoms with E-state index in [1.54, 1.807) is 19.1 Å². The molecule has 1 aromatic rings. The third kappa shape index (κ3) is 3.85. The summed E-state index contributed by atoms with van der Waals surface area (Å²) in [7, 11) is 0. The van der Waals surface area contributed by atoms with Crippen molar-refractivity contribution in [1.82, 2.24) is 10.3 Å². The number of nitrogens with one attached hydrogen (secondary N) is 1. The summed E-state index contributed by atoms with van der Waals surface area (Å²) >= 11 is 5.74. The number of aliphatic hydroxyl groups is 1. The van der Waals surface area contributed by atoms with E-state index in [1.807, 2.05) is 0 Å². The second-order valence-electron chi connectivity index (χ2n) is 3.24. The SMILES string of the molecule is C[C@H](O)CCNC(=O)c1cccnc1Cl. The molecule has 4 nitrogen and oxygen atoms in total. The standard InChI is InChI=1S/C10H13ClN2O2/c1-7(14)4-6-13-10(15)8-3-2-5-12-9(8)11/h2-3,5,7,14H,4,6H2,1H3,(H,13,15)/t7-/m0/s1. The number of carbonyl (C=O) groups excluding carboxylic acids is 1. The van der Waals surface area contributed by atoms with Gasteiger partial charge in [0, 0.05) is 12.7 Å². The van der Waals surface area contributed by atoms with Crippen LogP contribution in [0.15, 0.2) is 18.3 Å². The van der Waals surface area contributed by atoms with Gasteiger partial charge < -0.3 is 10.4 Å². The molecular weight excluding hydrogens is 216 g/mol. The number of rotatable bonds is 4. The Bertz CT molecular complexity index is 342. The normalized spacial score (nSPS) is 12.2. The minimum absolute atomic E-state index is 0.187. The van der Waals surface area contributed by atoms with E-state index in [9.17, 15) is 4.79 Å². The van der Waals surface area contributed by atoms with Crippen molar-refractivity contribution in [3.63, 3.8) is 0 Å². The summed E-state index contributed by atoms with van der Waals surface area (Å²) in [5.74, 6) is -0.270. The van der Waals surface area contributed by atoms with Gasteiger partial charge in [0.2, 0.25) is 0 Å². The fourth-order valence-corrected chi connectivity index (χ4v) is 1.25. The number of aromatic nitrogens is 1. The first-order valence-electron chi connectivity index (χ1n) is 4.68. The zero-order chi connectivity index (χ0) is 11.3. The molecule has 0 aliphatic rings. The fraction of sp³-hybridized carbons (Fsp3) is 0.400. The molecule has 0 spiro atoms. The molecule has 15 heavy (non-hydrogen) atoms. The van der Waals surface area contributed by atoms with Gasteiger partial charge in [0.1, 0.15) is 5.15 Å². The van der Waals surface area contributed by atoms with E-state index in [2.05, 4.69) is 10.3 Å². The predicted molar refractivity (Wildman–Crippen MR) is 57.9 cm³/mol. The number of aliphatic hydroxyl groups excluding tert-OH is 1. The molecule has 0 aliphatic heterocycles.